The molecule has 104 valence electrons. The van der Waals surface area contributed by atoms with Gasteiger partial charge in [0.05, 0.1) is 19.8 Å². The summed E-state index contributed by atoms with van der Waals surface area (Å²) < 4.78 is 15.7. The first-order chi connectivity index (χ1) is 9.31. The molecule has 0 saturated carbocycles. The van der Waals surface area contributed by atoms with Crippen molar-refractivity contribution in [2.75, 3.05) is 33.5 Å². The van der Waals surface area contributed by atoms with E-state index in [4.69, 9.17) is 14.2 Å². The number of carbonyl (C=O) groups excluding carboxylic acids is 1. The number of hydrogen-bond acceptors (Lipinski definition) is 4. The molecular formula is C15H20O4. The number of methoxy groups -OCH3 is 1. The number of rotatable bonds is 7. The molecule has 1 unspecified atom stereocenters. The third-order valence-electron chi connectivity index (χ3n) is 3.25. The Morgan fingerprint density at radius 2 is 2.21 bits per heavy atom. The van der Waals surface area contributed by atoms with Gasteiger partial charge in [0.15, 0.2) is 5.78 Å². The molecule has 4 heteroatoms. The number of Topliss-reactive ketones (excluding diaryl/α,β-unsaturated/α-hetero) is 1. The molecule has 0 saturated heterocycles. The van der Waals surface area contributed by atoms with Crippen LogP contribution in [0.3, 0.4) is 0 Å². The number of para-hydroxylation sites is 1. The van der Waals surface area contributed by atoms with Gasteiger partial charge < -0.3 is 14.2 Å². The van der Waals surface area contributed by atoms with Gasteiger partial charge in [0, 0.05) is 13.5 Å². The second-order valence-electron chi connectivity index (χ2n) is 4.66. The second-order valence-corrected chi connectivity index (χ2v) is 4.66. The molecule has 1 aliphatic heterocycles. The Morgan fingerprint density at radius 3 is 3.05 bits per heavy atom. The van der Waals surface area contributed by atoms with Crippen molar-refractivity contribution in [2.24, 2.45) is 0 Å². The summed E-state index contributed by atoms with van der Waals surface area (Å²) >= 11 is 0. The summed E-state index contributed by atoms with van der Waals surface area (Å²) in [7, 11) is 1.62. The summed E-state index contributed by atoms with van der Waals surface area (Å²) in [6.45, 7) is 1.84. The molecule has 0 aliphatic carbocycles. The fourth-order valence-electron chi connectivity index (χ4n) is 2.29. The van der Waals surface area contributed by atoms with Gasteiger partial charge in [-0.2, -0.15) is 0 Å². The Labute approximate surface area is 113 Å². The molecule has 1 atom stereocenters. The van der Waals surface area contributed by atoms with Crippen molar-refractivity contribution in [1.82, 2.24) is 0 Å². The number of hydrogen-bond donors (Lipinski definition) is 0. The summed E-state index contributed by atoms with van der Waals surface area (Å²) in [5, 5.41) is 0. The van der Waals surface area contributed by atoms with E-state index >= 15 is 0 Å². The van der Waals surface area contributed by atoms with Crippen LogP contribution < -0.4 is 4.74 Å². The molecule has 1 aliphatic rings. The van der Waals surface area contributed by atoms with Crippen molar-refractivity contribution in [1.29, 1.82) is 0 Å². The van der Waals surface area contributed by atoms with Crippen LogP contribution >= 0.6 is 0 Å². The van der Waals surface area contributed by atoms with E-state index < -0.39 is 0 Å². The Balaban J connectivity index is 1.85. The number of carbonyl (C=O) groups is 1. The van der Waals surface area contributed by atoms with Gasteiger partial charge in [-0.1, -0.05) is 18.2 Å². The second kappa shape index (κ2) is 7.26. The third-order valence-corrected chi connectivity index (χ3v) is 3.25. The molecule has 19 heavy (non-hydrogen) atoms. The first kappa shape index (κ1) is 14.0. The molecule has 1 aromatic carbocycles. The Kier molecular flexibility index (Phi) is 5.36. The van der Waals surface area contributed by atoms with E-state index in [1.54, 1.807) is 7.11 Å². The van der Waals surface area contributed by atoms with Crippen LogP contribution in [0.2, 0.25) is 0 Å². The smallest absolute Gasteiger partial charge is 0.159 e. The zero-order valence-corrected chi connectivity index (χ0v) is 11.3. The average molecular weight is 264 g/mol. The largest absolute Gasteiger partial charge is 0.493 e. The number of ketones is 1. The van der Waals surface area contributed by atoms with Crippen molar-refractivity contribution in [2.45, 2.75) is 18.8 Å². The van der Waals surface area contributed by atoms with Crippen LogP contribution in [-0.2, 0) is 14.3 Å². The molecule has 0 bridgehead atoms. The van der Waals surface area contributed by atoms with Gasteiger partial charge in [-0.3, -0.25) is 4.79 Å². The van der Waals surface area contributed by atoms with E-state index in [0.29, 0.717) is 26.2 Å². The van der Waals surface area contributed by atoms with Crippen molar-refractivity contribution >= 4 is 5.78 Å². The zero-order chi connectivity index (χ0) is 13.5. The molecule has 0 amide bonds. The average Bonchev–Trinajstić information content (AvgIpc) is 2.44. The highest BCUT2D eigenvalue weighted by atomic mass is 16.5. The highest BCUT2D eigenvalue weighted by Crippen LogP contribution is 2.35. The maximum Gasteiger partial charge on any atom is 0.159 e. The maximum atomic E-state index is 11.9. The molecule has 1 aromatic rings. The van der Waals surface area contributed by atoms with Crippen molar-refractivity contribution in [3.8, 4) is 5.75 Å². The highest BCUT2D eigenvalue weighted by molar-refractivity contribution is 5.80. The maximum absolute atomic E-state index is 11.9. The predicted octanol–water partition coefficient (Wildman–Crippen LogP) is 2.17. The number of benzene rings is 1. The summed E-state index contributed by atoms with van der Waals surface area (Å²) in [5.74, 6) is 1.30. The number of ether oxygens (including phenoxy) is 3. The zero-order valence-electron chi connectivity index (χ0n) is 11.3. The fraction of sp³-hybridized carbons (Fsp3) is 0.533. The van der Waals surface area contributed by atoms with E-state index in [9.17, 15) is 4.79 Å². The third kappa shape index (κ3) is 4.04. The van der Waals surface area contributed by atoms with E-state index in [0.717, 1.165) is 17.7 Å². The molecule has 0 fully saturated rings. The summed E-state index contributed by atoms with van der Waals surface area (Å²) in [4.78, 5) is 11.9. The van der Waals surface area contributed by atoms with Crippen LogP contribution in [0, 0.1) is 0 Å². The van der Waals surface area contributed by atoms with Gasteiger partial charge in [0.1, 0.15) is 12.4 Å². The lowest BCUT2D eigenvalue weighted by Gasteiger charge is -2.25. The Bertz CT molecular complexity index is 416. The first-order valence-corrected chi connectivity index (χ1v) is 6.61. The highest BCUT2D eigenvalue weighted by Gasteiger charge is 2.23. The molecule has 0 N–H and O–H groups in total. The van der Waals surface area contributed by atoms with E-state index in [-0.39, 0.29) is 18.3 Å². The van der Waals surface area contributed by atoms with Gasteiger partial charge >= 0.3 is 0 Å². The normalized spacial score (nSPS) is 17.6. The van der Waals surface area contributed by atoms with Crippen molar-refractivity contribution < 1.29 is 19.0 Å². The molecular weight excluding hydrogens is 244 g/mol. The molecule has 0 aromatic heterocycles. The van der Waals surface area contributed by atoms with Gasteiger partial charge in [0.2, 0.25) is 0 Å². The van der Waals surface area contributed by atoms with Crippen LogP contribution in [0.15, 0.2) is 24.3 Å². The summed E-state index contributed by atoms with van der Waals surface area (Å²) in [6.07, 6.45) is 1.41. The van der Waals surface area contributed by atoms with Crippen LogP contribution in [0.25, 0.3) is 0 Å². The van der Waals surface area contributed by atoms with E-state index in [1.807, 2.05) is 24.3 Å². The lowest BCUT2D eigenvalue weighted by molar-refractivity contribution is -0.124. The quantitative estimate of drug-likeness (QED) is 0.708. The minimum absolute atomic E-state index is 0.137. The molecule has 0 radical (unpaired) electrons. The van der Waals surface area contributed by atoms with Crippen LogP contribution in [0.5, 0.6) is 5.75 Å². The standard InChI is InChI=1S/C15H20O4/c1-17-8-9-18-11-13(16)10-12-6-7-19-15-5-3-2-4-14(12)15/h2-5,12H,6-11H2,1H3. The SMILES string of the molecule is COCCOCC(=O)CC1CCOc2ccccc21. The molecule has 4 nitrogen and oxygen atoms in total. The first-order valence-electron chi connectivity index (χ1n) is 6.61. The van der Waals surface area contributed by atoms with Gasteiger partial charge in [-0.05, 0) is 24.0 Å². The van der Waals surface area contributed by atoms with E-state index in [2.05, 4.69) is 0 Å². The summed E-state index contributed by atoms with van der Waals surface area (Å²) in [6, 6.07) is 7.94. The van der Waals surface area contributed by atoms with Crippen LogP contribution in [0.1, 0.15) is 24.3 Å². The summed E-state index contributed by atoms with van der Waals surface area (Å²) in [5.41, 5.74) is 1.14. The topological polar surface area (TPSA) is 44.8 Å². The van der Waals surface area contributed by atoms with Crippen LogP contribution in [-0.4, -0.2) is 39.3 Å². The molecule has 2 rings (SSSR count). The number of fused-ring (bicyclic) bond motifs is 1. The lowest BCUT2D eigenvalue weighted by Crippen LogP contribution is -2.19. The van der Waals surface area contributed by atoms with Crippen molar-refractivity contribution in [3.05, 3.63) is 29.8 Å². The van der Waals surface area contributed by atoms with Crippen molar-refractivity contribution in [3.63, 3.8) is 0 Å². The van der Waals surface area contributed by atoms with Gasteiger partial charge in [-0.15, -0.1) is 0 Å². The van der Waals surface area contributed by atoms with Crippen LogP contribution in [0.4, 0.5) is 0 Å². The fourth-order valence-corrected chi connectivity index (χ4v) is 2.29. The molecule has 0 spiro atoms. The minimum Gasteiger partial charge on any atom is -0.493 e. The monoisotopic (exact) mass is 264 g/mol. The Morgan fingerprint density at radius 1 is 1.37 bits per heavy atom. The van der Waals surface area contributed by atoms with E-state index in [1.165, 1.54) is 0 Å². The minimum atomic E-state index is 0.137. The van der Waals surface area contributed by atoms with Gasteiger partial charge in [-0.25, -0.2) is 0 Å². The Hall–Kier alpha value is -1.39. The molecule has 1 heterocycles. The van der Waals surface area contributed by atoms with Gasteiger partial charge in [0.25, 0.3) is 0 Å². The predicted molar refractivity (Wildman–Crippen MR) is 71.6 cm³/mol. The lowest BCUT2D eigenvalue weighted by atomic mass is 9.89.